The van der Waals surface area contributed by atoms with E-state index in [1.807, 2.05) is 0 Å². The van der Waals surface area contributed by atoms with Gasteiger partial charge in [0, 0.05) is 32.9 Å². The van der Waals surface area contributed by atoms with E-state index in [-0.39, 0.29) is 0 Å². The van der Waals surface area contributed by atoms with Gasteiger partial charge in [0.1, 0.15) is 0 Å². The van der Waals surface area contributed by atoms with Gasteiger partial charge in [-0.25, -0.2) is 0 Å². The molecule has 228 valence electrons. The van der Waals surface area contributed by atoms with Gasteiger partial charge in [0.2, 0.25) is 0 Å². The molecule has 0 saturated heterocycles. The Bertz CT molecular complexity index is 2650. The van der Waals surface area contributed by atoms with Crippen molar-refractivity contribution in [1.29, 1.82) is 0 Å². The Morgan fingerprint density at radius 3 is 1.85 bits per heavy atom. The maximum Gasteiger partial charge on any atom is 0.0542 e. The minimum Gasteiger partial charge on any atom is -0.309 e. The molecule has 2 heteroatoms. The summed E-state index contributed by atoms with van der Waals surface area (Å²) in [5.41, 5.74) is 15.7. The van der Waals surface area contributed by atoms with Crippen LogP contribution in [0.15, 0.2) is 158 Å². The number of hydrogen-bond acceptors (Lipinski definition) is 0. The number of nitrogens with zero attached hydrogens (tertiary/aromatic N) is 2. The molecule has 0 fully saturated rings. The molecule has 2 nitrogen and oxygen atoms in total. The highest BCUT2D eigenvalue weighted by Gasteiger charge is 2.25. The van der Waals surface area contributed by atoms with E-state index < -0.39 is 0 Å². The molecule has 1 aliphatic rings. The third kappa shape index (κ3) is 4.12. The first-order chi connectivity index (χ1) is 23.7. The van der Waals surface area contributed by atoms with Crippen LogP contribution in [0, 0.1) is 6.92 Å². The molecule has 1 aliphatic carbocycles. The van der Waals surface area contributed by atoms with Crippen molar-refractivity contribution in [3.05, 3.63) is 180 Å². The molecule has 0 spiro atoms. The Labute approximate surface area is 280 Å². The van der Waals surface area contributed by atoms with Crippen molar-refractivity contribution >= 4 is 43.6 Å². The van der Waals surface area contributed by atoms with E-state index in [9.17, 15) is 0 Å². The number of aromatic nitrogens is 2. The van der Waals surface area contributed by atoms with E-state index in [1.165, 1.54) is 88.4 Å². The Kier molecular flexibility index (Phi) is 6.01. The maximum atomic E-state index is 2.47. The third-order valence-electron chi connectivity index (χ3n) is 10.6. The second kappa shape index (κ2) is 10.6. The highest BCUT2D eigenvalue weighted by Crippen LogP contribution is 2.42. The van der Waals surface area contributed by atoms with Gasteiger partial charge in [-0.1, -0.05) is 103 Å². The van der Waals surface area contributed by atoms with Gasteiger partial charge in [-0.3, -0.25) is 0 Å². The zero-order valence-electron chi connectivity index (χ0n) is 26.9. The predicted molar refractivity (Wildman–Crippen MR) is 202 cm³/mol. The van der Waals surface area contributed by atoms with E-state index in [0.29, 0.717) is 5.92 Å². The topological polar surface area (TPSA) is 9.86 Å². The van der Waals surface area contributed by atoms with E-state index >= 15 is 0 Å². The van der Waals surface area contributed by atoms with E-state index in [1.54, 1.807) is 0 Å². The average molecular weight is 615 g/mol. The standard InChI is InChI=1S/C46H34N2/c1-30-11-10-13-34(25-30)47-45-23-21-31(26-33-28-32-12-2-3-14-36(32)38-16-5-4-15-37(33)38)27-41(45)42-29-35(22-24-46(42)47)48-43-19-8-6-17-39(43)40-18-7-9-20-44(40)48/h2-25,27,29,33H,26,28H2,1H3. The minimum absolute atomic E-state index is 0.437. The van der Waals surface area contributed by atoms with Crippen LogP contribution in [0.3, 0.4) is 0 Å². The molecule has 2 heterocycles. The third-order valence-corrected chi connectivity index (χ3v) is 10.6. The summed E-state index contributed by atoms with van der Waals surface area (Å²) < 4.78 is 4.88. The largest absolute Gasteiger partial charge is 0.309 e. The molecule has 10 rings (SSSR count). The summed E-state index contributed by atoms with van der Waals surface area (Å²) in [4.78, 5) is 0. The van der Waals surface area contributed by atoms with Crippen LogP contribution in [-0.4, -0.2) is 9.13 Å². The second-order valence-electron chi connectivity index (χ2n) is 13.4. The van der Waals surface area contributed by atoms with Crippen molar-refractivity contribution in [2.45, 2.75) is 25.7 Å². The van der Waals surface area contributed by atoms with E-state index in [4.69, 9.17) is 0 Å². The second-order valence-corrected chi connectivity index (χ2v) is 13.4. The molecule has 48 heavy (non-hydrogen) atoms. The maximum absolute atomic E-state index is 2.47. The fourth-order valence-electron chi connectivity index (χ4n) is 8.47. The van der Waals surface area contributed by atoms with Gasteiger partial charge in [0.05, 0.1) is 22.1 Å². The summed E-state index contributed by atoms with van der Waals surface area (Å²) >= 11 is 0. The van der Waals surface area contributed by atoms with Crippen molar-refractivity contribution in [2.24, 2.45) is 0 Å². The zero-order valence-corrected chi connectivity index (χ0v) is 26.9. The number of benzene rings is 7. The van der Waals surface area contributed by atoms with Crippen LogP contribution in [0.5, 0.6) is 0 Å². The highest BCUT2D eigenvalue weighted by atomic mass is 15.0. The smallest absolute Gasteiger partial charge is 0.0542 e. The van der Waals surface area contributed by atoms with Crippen LogP contribution >= 0.6 is 0 Å². The molecular weight excluding hydrogens is 581 g/mol. The van der Waals surface area contributed by atoms with Crippen molar-refractivity contribution in [2.75, 3.05) is 0 Å². The van der Waals surface area contributed by atoms with Gasteiger partial charge in [0.15, 0.2) is 0 Å². The Morgan fingerprint density at radius 1 is 0.479 bits per heavy atom. The molecule has 1 unspecified atom stereocenters. The molecule has 2 aromatic heterocycles. The molecule has 1 atom stereocenters. The quantitative estimate of drug-likeness (QED) is 0.187. The first kappa shape index (κ1) is 27.3. The lowest BCUT2D eigenvalue weighted by atomic mass is 9.76. The lowest BCUT2D eigenvalue weighted by Crippen LogP contribution is -2.13. The number of rotatable bonds is 4. The summed E-state index contributed by atoms with van der Waals surface area (Å²) in [7, 11) is 0. The van der Waals surface area contributed by atoms with Crippen LogP contribution in [0.25, 0.3) is 66.1 Å². The van der Waals surface area contributed by atoms with Gasteiger partial charge in [0.25, 0.3) is 0 Å². The first-order valence-electron chi connectivity index (χ1n) is 17.0. The molecule has 0 saturated carbocycles. The van der Waals surface area contributed by atoms with Gasteiger partial charge >= 0.3 is 0 Å². The summed E-state index contributed by atoms with van der Waals surface area (Å²) in [5.74, 6) is 0.437. The summed E-state index contributed by atoms with van der Waals surface area (Å²) in [6.45, 7) is 2.18. The fourth-order valence-corrected chi connectivity index (χ4v) is 8.47. The Hall–Kier alpha value is -5.86. The lowest BCUT2D eigenvalue weighted by molar-refractivity contribution is 0.673. The van der Waals surface area contributed by atoms with E-state index in [2.05, 4.69) is 174 Å². The first-order valence-corrected chi connectivity index (χ1v) is 17.0. The van der Waals surface area contributed by atoms with Crippen LogP contribution in [0.4, 0.5) is 0 Å². The van der Waals surface area contributed by atoms with Crippen molar-refractivity contribution in [1.82, 2.24) is 9.13 Å². The molecule has 0 N–H and O–H groups in total. The molecule has 0 amide bonds. The van der Waals surface area contributed by atoms with Gasteiger partial charge < -0.3 is 9.13 Å². The zero-order chi connectivity index (χ0) is 31.8. The number of fused-ring (bicyclic) bond motifs is 9. The highest BCUT2D eigenvalue weighted by molar-refractivity contribution is 6.12. The average Bonchev–Trinajstić information content (AvgIpc) is 3.64. The molecule has 0 radical (unpaired) electrons. The monoisotopic (exact) mass is 614 g/mol. The van der Waals surface area contributed by atoms with Gasteiger partial charge in [-0.05, 0) is 114 Å². The molecule has 0 bridgehead atoms. The van der Waals surface area contributed by atoms with Crippen LogP contribution in [-0.2, 0) is 12.8 Å². The van der Waals surface area contributed by atoms with Crippen molar-refractivity contribution in [3.63, 3.8) is 0 Å². The number of hydrogen-bond donors (Lipinski definition) is 0. The van der Waals surface area contributed by atoms with Gasteiger partial charge in [-0.15, -0.1) is 0 Å². The SMILES string of the molecule is Cc1cccc(-n2c3ccc(CC4Cc5ccccc5-c5ccccc54)cc3c3cc(-n4c5ccccc5c5ccccc54)ccc32)c1. The lowest BCUT2D eigenvalue weighted by Gasteiger charge is -2.28. The molecule has 7 aromatic carbocycles. The van der Waals surface area contributed by atoms with Crippen LogP contribution in [0.1, 0.15) is 28.2 Å². The van der Waals surface area contributed by atoms with Crippen LogP contribution < -0.4 is 0 Å². The van der Waals surface area contributed by atoms with E-state index in [0.717, 1.165) is 12.8 Å². The molecular formula is C46H34N2. The Morgan fingerprint density at radius 2 is 1.08 bits per heavy atom. The van der Waals surface area contributed by atoms with Gasteiger partial charge in [-0.2, -0.15) is 0 Å². The number of aryl methyl sites for hydroxylation is 1. The molecule has 9 aromatic rings. The summed E-state index contributed by atoms with van der Waals surface area (Å²) in [5, 5.41) is 5.15. The minimum atomic E-state index is 0.437. The normalized spacial score (nSPS) is 14.1. The predicted octanol–water partition coefficient (Wildman–Crippen LogP) is 11.7. The van der Waals surface area contributed by atoms with Crippen molar-refractivity contribution < 1.29 is 0 Å². The summed E-state index contributed by atoms with van der Waals surface area (Å²) in [6, 6.07) is 58.6. The number of para-hydroxylation sites is 2. The molecule has 0 aliphatic heterocycles. The van der Waals surface area contributed by atoms with Crippen molar-refractivity contribution in [3.8, 4) is 22.5 Å². The van der Waals surface area contributed by atoms with Crippen LogP contribution in [0.2, 0.25) is 0 Å². The summed E-state index contributed by atoms with van der Waals surface area (Å²) in [6.07, 6.45) is 2.07. The fraction of sp³-hybridized carbons (Fsp3) is 0.0870. The Balaban J connectivity index is 1.18.